The molecule has 0 radical (unpaired) electrons. The van der Waals surface area contributed by atoms with E-state index in [1.807, 2.05) is 29.2 Å². The van der Waals surface area contributed by atoms with Crippen molar-refractivity contribution in [2.45, 2.75) is 6.92 Å². The Morgan fingerprint density at radius 2 is 1.81 bits per heavy atom. The van der Waals surface area contributed by atoms with Crippen LogP contribution in [0, 0.1) is 6.92 Å². The number of amides is 1. The fourth-order valence-electron chi connectivity index (χ4n) is 3.31. The summed E-state index contributed by atoms with van der Waals surface area (Å²) in [6, 6.07) is 15.8. The molecule has 4 rings (SSSR count). The standard InChI is InChI=1S/C19H20N6O/c1-15-5-2-3-8-18(15)23-9-11-24(12-10-23)19(26)16-6-4-7-17(13-16)25-14-20-21-22-25/h2-8,13-14H,9-12H2,1H3. The second-order valence-electron chi connectivity index (χ2n) is 6.37. The minimum atomic E-state index is 0.0457. The van der Waals surface area contributed by atoms with Gasteiger partial charge in [-0.3, -0.25) is 4.79 Å². The first-order valence-electron chi connectivity index (χ1n) is 8.65. The first-order valence-corrected chi connectivity index (χ1v) is 8.65. The summed E-state index contributed by atoms with van der Waals surface area (Å²) in [5.41, 5.74) is 3.95. The summed E-state index contributed by atoms with van der Waals surface area (Å²) in [4.78, 5) is 17.1. The van der Waals surface area contributed by atoms with Crippen molar-refractivity contribution in [2.24, 2.45) is 0 Å². The summed E-state index contributed by atoms with van der Waals surface area (Å²) < 4.78 is 1.55. The SMILES string of the molecule is Cc1ccccc1N1CCN(C(=O)c2cccc(-n3cnnn3)c2)CC1. The van der Waals surface area contributed by atoms with Crippen LogP contribution in [0.25, 0.3) is 5.69 Å². The molecule has 2 heterocycles. The molecule has 1 saturated heterocycles. The van der Waals surface area contributed by atoms with Crippen molar-refractivity contribution >= 4 is 11.6 Å². The minimum absolute atomic E-state index is 0.0457. The Balaban J connectivity index is 1.46. The van der Waals surface area contributed by atoms with Crippen LogP contribution in [-0.4, -0.2) is 57.2 Å². The van der Waals surface area contributed by atoms with Crippen molar-refractivity contribution in [2.75, 3.05) is 31.1 Å². The van der Waals surface area contributed by atoms with Crippen molar-refractivity contribution in [1.82, 2.24) is 25.1 Å². The second-order valence-corrected chi connectivity index (χ2v) is 6.37. The summed E-state index contributed by atoms with van der Waals surface area (Å²) in [5.74, 6) is 0.0457. The van der Waals surface area contributed by atoms with Crippen molar-refractivity contribution < 1.29 is 4.79 Å². The number of tetrazole rings is 1. The highest BCUT2D eigenvalue weighted by Crippen LogP contribution is 2.21. The number of para-hydroxylation sites is 1. The highest BCUT2D eigenvalue weighted by Gasteiger charge is 2.23. The van der Waals surface area contributed by atoms with E-state index >= 15 is 0 Å². The van der Waals surface area contributed by atoms with Gasteiger partial charge < -0.3 is 9.80 Å². The molecule has 132 valence electrons. The van der Waals surface area contributed by atoms with Gasteiger partial charge in [-0.25, -0.2) is 4.68 Å². The Kier molecular flexibility index (Phi) is 4.35. The number of rotatable bonds is 3. The smallest absolute Gasteiger partial charge is 0.254 e. The number of carbonyl (C=O) groups excluding carboxylic acids is 1. The summed E-state index contributed by atoms with van der Waals surface area (Å²) in [6.07, 6.45) is 1.52. The van der Waals surface area contributed by atoms with E-state index in [1.54, 1.807) is 4.68 Å². The van der Waals surface area contributed by atoms with Crippen LogP contribution < -0.4 is 4.90 Å². The number of hydrogen-bond acceptors (Lipinski definition) is 5. The third-order valence-corrected chi connectivity index (χ3v) is 4.73. The molecule has 1 aromatic heterocycles. The molecule has 1 aliphatic heterocycles. The van der Waals surface area contributed by atoms with Gasteiger partial charge in [0, 0.05) is 37.4 Å². The molecule has 0 atom stereocenters. The lowest BCUT2D eigenvalue weighted by Crippen LogP contribution is -2.49. The molecule has 7 heteroatoms. The largest absolute Gasteiger partial charge is 0.368 e. The van der Waals surface area contributed by atoms with Crippen molar-refractivity contribution in [1.29, 1.82) is 0 Å². The van der Waals surface area contributed by atoms with Crippen molar-refractivity contribution in [3.8, 4) is 5.69 Å². The third-order valence-electron chi connectivity index (χ3n) is 4.73. The average Bonchev–Trinajstić information content (AvgIpc) is 3.23. The lowest BCUT2D eigenvalue weighted by molar-refractivity contribution is 0.0746. The molecule has 3 aromatic rings. The predicted octanol–water partition coefficient (Wildman–Crippen LogP) is 1.93. The Bertz CT molecular complexity index is 900. The maximum Gasteiger partial charge on any atom is 0.254 e. The highest BCUT2D eigenvalue weighted by atomic mass is 16.2. The number of nitrogens with zero attached hydrogens (tertiary/aromatic N) is 6. The molecular formula is C19H20N6O. The first kappa shape index (κ1) is 16.3. The van der Waals surface area contributed by atoms with E-state index in [4.69, 9.17) is 0 Å². The summed E-state index contributed by atoms with van der Waals surface area (Å²) in [5, 5.41) is 11.2. The molecule has 2 aromatic carbocycles. The Morgan fingerprint density at radius 3 is 2.54 bits per heavy atom. The monoisotopic (exact) mass is 348 g/mol. The molecule has 0 unspecified atom stereocenters. The number of hydrogen-bond donors (Lipinski definition) is 0. The van der Waals surface area contributed by atoms with Crippen LogP contribution in [0.15, 0.2) is 54.9 Å². The molecule has 1 fully saturated rings. The fraction of sp³-hybridized carbons (Fsp3) is 0.263. The summed E-state index contributed by atoms with van der Waals surface area (Å²) in [7, 11) is 0. The van der Waals surface area contributed by atoms with Crippen LogP contribution in [0.3, 0.4) is 0 Å². The average molecular weight is 348 g/mol. The number of benzene rings is 2. The summed E-state index contributed by atoms with van der Waals surface area (Å²) >= 11 is 0. The van der Waals surface area contributed by atoms with Gasteiger partial charge in [-0.2, -0.15) is 0 Å². The number of aromatic nitrogens is 4. The Morgan fingerprint density at radius 1 is 1.00 bits per heavy atom. The Labute approximate surface area is 151 Å². The van der Waals surface area contributed by atoms with Gasteiger partial charge in [0.2, 0.25) is 0 Å². The van der Waals surface area contributed by atoms with Crippen molar-refractivity contribution in [3.05, 3.63) is 66.0 Å². The van der Waals surface area contributed by atoms with E-state index < -0.39 is 0 Å². The molecule has 0 bridgehead atoms. The van der Waals surface area contributed by atoms with Gasteiger partial charge in [-0.1, -0.05) is 24.3 Å². The van der Waals surface area contributed by atoms with E-state index in [9.17, 15) is 4.79 Å². The number of carbonyl (C=O) groups is 1. The van der Waals surface area contributed by atoms with Gasteiger partial charge in [0.15, 0.2) is 0 Å². The number of aryl methyl sites for hydroxylation is 1. The van der Waals surface area contributed by atoms with Gasteiger partial charge in [0.05, 0.1) is 5.69 Å². The van der Waals surface area contributed by atoms with Crippen LogP contribution in [0.2, 0.25) is 0 Å². The fourth-order valence-corrected chi connectivity index (χ4v) is 3.31. The zero-order chi connectivity index (χ0) is 17.9. The van der Waals surface area contributed by atoms with Crippen molar-refractivity contribution in [3.63, 3.8) is 0 Å². The van der Waals surface area contributed by atoms with Crippen LogP contribution in [0.5, 0.6) is 0 Å². The molecule has 0 N–H and O–H groups in total. The van der Waals surface area contributed by atoms with Gasteiger partial charge in [0.1, 0.15) is 6.33 Å². The van der Waals surface area contributed by atoms with E-state index in [0.717, 1.165) is 18.8 Å². The molecule has 1 aliphatic rings. The predicted molar refractivity (Wildman–Crippen MR) is 98.4 cm³/mol. The van der Waals surface area contributed by atoms with Crippen LogP contribution in [0.1, 0.15) is 15.9 Å². The van der Waals surface area contributed by atoms with Gasteiger partial charge in [0.25, 0.3) is 5.91 Å². The maximum atomic E-state index is 12.9. The second kappa shape index (κ2) is 6.95. The molecule has 0 aliphatic carbocycles. The lowest BCUT2D eigenvalue weighted by Gasteiger charge is -2.36. The van der Waals surface area contributed by atoms with Crippen LogP contribution in [0.4, 0.5) is 5.69 Å². The normalized spacial score (nSPS) is 14.5. The van der Waals surface area contributed by atoms with Crippen LogP contribution >= 0.6 is 0 Å². The zero-order valence-corrected chi connectivity index (χ0v) is 14.6. The van der Waals surface area contributed by atoms with Gasteiger partial charge in [-0.15, -0.1) is 5.10 Å². The first-order chi connectivity index (χ1) is 12.7. The molecule has 0 saturated carbocycles. The number of anilines is 1. The molecular weight excluding hydrogens is 328 g/mol. The van der Waals surface area contributed by atoms with E-state index in [2.05, 4.69) is 51.6 Å². The number of piperazine rings is 1. The topological polar surface area (TPSA) is 67.2 Å². The quantitative estimate of drug-likeness (QED) is 0.724. The minimum Gasteiger partial charge on any atom is -0.368 e. The van der Waals surface area contributed by atoms with Crippen LogP contribution in [-0.2, 0) is 0 Å². The maximum absolute atomic E-state index is 12.9. The third kappa shape index (κ3) is 3.15. The molecule has 0 spiro atoms. The molecule has 7 nitrogen and oxygen atoms in total. The molecule has 1 amide bonds. The van der Waals surface area contributed by atoms with Gasteiger partial charge in [-0.05, 0) is 47.2 Å². The lowest BCUT2D eigenvalue weighted by atomic mass is 10.1. The van der Waals surface area contributed by atoms with E-state index in [1.165, 1.54) is 17.6 Å². The zero-order valence-electron chi connectivity index (χ0n) is 14.6. The van der Waals surface area contributed by atoms with Gasteiger partial charge >= 0.3 is 0 Å². The highest BCUT2D eigenvalue weighted by molar-refractivity contribution is 5.95. The molecule has 26 heavy (non-hydrogen) atoms. The summed E-state index contributed by atoms with van der Waals surface area (Å²) in [6.45, 7) is 5.22. The van der Waals surface area contributed by atoms with E-state index in [0.29, 0.717) is 18.7 Å². The van der Waals surface area contributed by atoms with E-state index in [-0.39, 0.29) is 5.91 Å². The Hall–Kier alpha value is -3.22.